The summed E-state index contributed by atoms with van der Waals surface area (Å²) in [4.78, 5) is 14.3. The van der Waals surface area contributed by atoms with Gasteiger partial charge in [-0.15, -0.1) is 0 Å². The van der Waals surface area contributed by atoms with Crippen LogP contribution in [0.3, 0.4) is 0 Å². The standard InChI is InChI=1S/C24H25NO4/c1-13-8-18-19(6-7-21(28-4)24(18)20(27)9-13)25-14(2)10-16-11-17(26)12-22(29-5)23(16)15(25)3/h6-9,11-12,14,27H,10H2,1-5H3/t14-/m0/s1. The quantitative estimate of drug-likeness (QED) is 0.816. The zero-order chi connectivity index (χ0) is 20.9. The van der Waals surface area contributed by atoms with E-state index in [9.17, 15) is 9.90 Å². The first-order valence-corrected chi connectivity index (χ1v) is 9.67. The van der Waals surface area contributed by atoms with Crippen LogP contribution in [0.1, 0.15) is 25.8 Å². The molecule has 0 radical (unpaired) electrons. The molecule has 0 aromatic heterocycles. The topological polar surface area (TPSA) is 59.0 Å². The van der Waals surface area contributed by atoms with Crippen LogP contribution in [0.4, 0.5) is 5.69 Å². The van der Waals surface area contributed by atoms with Crippen molar-refractivity contribution in [1.29, 1.82) is 0 Å². The number of carbonyl (C=O) groups excluding carboxylic acids is 1. The Labute approximate surface area is 170 Å². The molecule has 29 heavy (non-hydrogen) atoms. The second-order valence-corrected chi connectivity index (χ2v) is 7.66. The molecule has 1 aliphatic heterocycles. The Hall–Kier alpha value is -3.21. The molecule has 5 heteroatoms. The van der Waals surface area contributed by atoms with Gasteiger partial charge >= 0.3 is 0 Å². The third-order valence-corrected chi connectivity index (χ3v) is 5.71. The van der Waals surface area contributed by atoms with Gasteiger partial charge in [-0.2, -0.15) is 0 Å². The van der Waals surface area contributed by atoms with Crippen LogP contribution in [-0.4, -0.2) is 31.2 Å². The maximum Gasteiger partial charge on any atom is 0.182 e. The highest BCUT2D eigenvalue weighted by molar-refractivity contribution is 6.05. The third-order valence-electron chi connectivity index (χ3n) is 5.71. The molecule has 5 nitrogen and oxygen atoms in total. The predicted octanol–water partition coefficient (Wildman–Crippen LogP) is 4.77. The number of fused-ring (bicyclic) bond motifs is 2. The number of anilines is 1. The van der Waals surface area contributed by atoms with Crippen molar-refractivity contribution in [3.05, 3.63) is 64.6 Å². The fraction of sp³-hybridized carbons (Fsp3) is 0.292. The first-order chi connectivity index (χ1) is 13.8. The first-order valence-electron chi connectivity index (χ1n) is 9.67. The summed E-state index contributed by atoms with van der Waals surface area (Å²) < 4.78 is 11.0. The molecule has 2 aliphatic rings. The maximum absolute atomic E-state index is 12.1. The minimum absolute atomic E-state index is 0.0375. The van der Waals surface area contributed by atoms with Crippen molar-refractivity contribution in [3.63, 3.8) is 0 Å². The number of ketones is 1. The molecule has 0 fully saturated rings. The number of hydrogen-bond acceptors (Lipinski definition) is 5. The lowest BCUT2D eigenvalue weighted by Gasteiger charge is -2.40. The lowest BCUT2D eigenvalue weighted by molar-refractivity contribution is -0.110. The van der Waals surface area contributed by atoms with Crippen LogP contribution in [0.5, 0.6) is 11.5 Å². The van der Waals surface area contributed by atoms with Crippen LogP contribution in [0, 0.1) is 6.92 Å². The molecule has 1 aliphatic carbocycles. The zero-order valence-electron chi connectivity index (χ0n) is 17.4. The fourth-order valence-electron chi connectivity index (χ4n) is 4.59. The minimum atomic E-state index is -0.0375. The number of allylic oxidation sites excluding steroid dienone is 4. The van der Waals surface area contributed by atoms with Crippen LogP contribution >= 0.6 is 0 Å². The molecular weight excluding hydrogens is 366 g/mol. The lowest BCUT2D eigenvalue weighted by atomic mass is 9.85. The fourth-order valence-corrected chi connectivity index (χ4v) is 4.59. The van der Waals surface area contributed by atoms with Crippen LogP contribution in [0.25, 0.3) is 10.8 Å². The van der Waals surface area contributed by atoms with E-state index in [1.165, 1.54) is 0 Å². The number of benzene rings is 2. The number of phenols is 1. The van der Waals surface area contributed by atoms with Crippen molar-refractivity contribution in [2.45, 2.75) is 33.2 Å². The van der Waals surface area contributed by atoms with Gasteiger partial charge in [0.25, 0.3) is 0 Å². The molecule has 1 N–H and O–H groups in total. The summed E-state index contributed by atoms with van der Waals surface area (Å²) in [5.74, 6) is 1.40. The van der Waals surface area contributed by atoms with Crippen molar-refractivity contribution in [3.8, 4) is 11.5 Å². The van der Waals surface area contributed by atoms with Crippen LogP contribution in [-0.2, 0) is 9.53 Å². The summed E-state index contributed by atoms with van der Waals surface area (Å²) in [6, 6.07) is 7.87. The number of methoxy groups -OCH3 is 2. The summed E-state index contributed by atoms with van der Waals surface area (Å²) in [7, 11) is 3.20. The van der Waals surface area contributed by atoms with Gasteiger partial charge in [-0.25, -0.2) is 0 Å². The number of aromatic hydroxyl groups is 1. The van der Waals surface area contributed by atoms with E-state index >= 15 is 0 Å². The highest BCUT2D eigenvalue weighted by atomic mass is 16.5. The molecule has 1 atom stereocenters. The van der Waals surface area contributed by atoms with Crippen LogP contribution in [0.15, 0.2) is 59.0 Å². The van der Waals surface area contributed by atoms with Gasteiger partial charge in [0.05, 0.1) is 19.6 Å². The summed E-state index contributed by atoms with van der Waals surface area (Å²) in [6.07, 6.45) is 3.97. The molecular formula is C24H25NO4. The van der Waals surface area contributed by atoms with Gasteiger partial charge in [0.15, 0.2) is 5.78 Å². The number of aryl methyl sites for hydroxylation is 1. The lowest BCUT2D eigenvalue weighted by Crippen LogP contribution is -2.37. The summed E-state index contributed by atoms with van der Waals surface area (Å²) in [5.41, 5.74) is 4.95. The van der Waals surface area contributed by atoms with Crippen molar-refractivity contribution in [2.24, 2.45) is 0 Å². The molecule has 0 amide bonds. The number of hydrogen-bond donors (Lipinski definition) is 1. The van der Waals surface area contributed by atoms with E-state index in [-0.39, 0.29) is 17.6 Å². The van der Waals surface area contributed by atoms with Gasteiger partial charge in [0, 0.05) is 34.5 Å². The van der Waals surface area contributed by atoms with E-state index < -0.39 is 0 Å². The SMILES string of the molecule is COC1=CC(=O)C=C2C[C@H](C)N(c3ccc(OC)c4c(O)cc(C)cc34)C(C)=C21. The number of nitrogens with zero attached hydrogens (tertiary/aromatic N) is 1. The molecule has 1 heterocycles. The highest BCUT2D eigenvalue weighted by Gasteiger charge is 2.33. The highest BCUT2D eigenvalue weighted by Crippen LogP contribution is 2.45. The summed E-state index contributed by atoms with van der Waals surface area (Å²) in [6.45, 7) is 6.15. The van der Waals surface area contributed by atoms with Gasteiger partial charge in [-0.1, -0.05) is 0 Å². The molecule has 2 aromatic carbocycles. The molecule has 0 bridgehead atoms. The van der Waals surface area contributed by atoms with E-state index in [0.717, 1.165) is 39.9 Å². The maximum atomic E-state index is 12.1. The Morgan fingerprint density at radius 3 is 2.55 bits per heavy atom. The smallest absolute Gasteiger partial charge is 0.182 e. The van der Waals surface area contributed by atoms with Crippen molar-refractivity contribution in [1.82, 2.24) is 0 Å². The van der Waals surface area contributed by atoms with Crippen molar-refractivity contribution < 1.29 is 19.4 Å². The average Bonchev–Trinajstić information content (AvgIpc) is 2.66. The second-order valence-electron chi connectivity index (χ2n) is 7.66. The number of carbonyl (C=O) groups is 1. The summed E-state index contributed by atoms with van der Waals surface area (Å²) in [5, 5.41) is 12.3. The molecule has 0 spiro atoms. The number of ether oxygens (including phenoxy) is 2. The van der Waals surface area contributed by atoms with E-state index in [1.807, 2.05) is 26.0 Å². The minimum Gasteiger partial charge on any atom is -0.507 e. The monoisotopic (exact) mass is 391 g/mol. The van der Waals surface area contributed by atoms with Gasteiger partial charge in [-0.05, 0) is 68.7 Å². The predicted molar refractivity (Wildman–Crippen MR) is 114 cm³/mol. The molecule has 0 saturated heterocycles. The number of rotatable bonds is 3. The average molecular weight is 391 g/mol. The third kappa shape index (κ3) is 2.97. The first kappa shape index (κ1) is 19.1. The van der Waals surface area contributed by atoms with Crippen molar-refractivity contribution >= 4 is 22.2 Å². The Balaban J connectivity index is 1.99. The molecule has 2 aromatic rings. The molecule has 0 unspecified atom stereocenters. The Kier molecular flexibility index (Phi) is 4.61. The Morgan fingerprint density at radius 1 is 1.10 bits per heavy atom. The summed E-state index contributed by atoms with van der Waals surface area (Å²) >= 11 is 0. The second kappa shape index (κ2) is 6.99. The van der Waals surface area contributed by atoms with E-state index in [0.29, 0.717) is 16.9 Å². The Morgan fingerprint density at radius 2 is 1.86 bits per heavy atom. The van der Waals surface area contributed by atoms with Gasteiger partial charge in [0.2, 0.25) is 0 Å². The molecule has 4 rings (SSSR count). The van der Waals surface area contributed by atoms with Crippen molar-refractivity contribution in [2.75, 3.05) is 19.1 Å². The molecule has 150 valence electrons. The van der Waals surface area contributed by atoms with E-state index in [1.54, 1.807) is 32.4 Å². The van der Waals surface area contributed by atoms with Crippen LogP contribution < -0.4 is 9.64 Å². The Bertz CT molecular complexity index is 1120. The van der Waals surface area contributed by atoms with Gasteiger partial charge < -0.3 is 19.5 Å². The van der Waals surface area contributed by atoms with E-state index in [2.05, 4.69) is 17.9 Å². The van der Waals surface area contributed by atoms with Gasteiger partial charge in [-0.3, -0.25) is 4.79 Å². The largest absolute Gasteiger partial charge is 0.507 e. The van der Waals surface area contributed by atoms with Crippen LogP contribution in [0.2, 0.25) is 0 Å². The number of phenolic OH excluding ortho intramolecular Hbond substituents is 1. The zero-order valence-corrected chi connectivity index (χ0v) is 17.4. The normalized spacial score (nSPS) is 19.1. The van der Waals surface area contributed by atoms with E-state index in [4.69, 9.17) is 9.47 Å². The molecule has 0 saturated carbocycles. The van der Waals surface area contributed by atoms with Gasteiger partial charge in [0.1, 0.15) is 17.3 Å².